The van der Waals surface area contributed by atoms with Gasteiger partial charge >= 0.3 is 5.97 Å². The third-order valence-corrected chi connectivity index (χ3v) is 8.10. The van der Waals surface area contributed by atoms with Gasteiger partial charge in [0.2, 0.25) is 17.7 Å². The lowest BCUT2D eigenvalue weighted by atomic mass is 9.86. The fourth-order valence-corrected chi connectivity index (χ4v) is 6.15. The maximum Gasteiger partial charge on any atom is 0.307 e. The third-order valence-electron chi connectivity index (χ3n) is 8.10. The average molecular weight is 608 g/mol. The molecule has 3 amide bonds. The van der Waals surface area contributed by atoms with E-state index in [4.69, 9.17) is 9.47 Å². The maximum absolute atomic E-state index is 14.5. The zero-order chi connectivity index (χ0) is 32.0. The first kappa shape index (κ1) is 33.0. The van der Waals surface area contributed by atoms with Gasteiger partial charge in [-0.3, -0.25) is 19.2 Å². The summed E-state index contributed by atoms with van der Waals surface area (Å²) in [5.74, 6) is -0.941. The summed E-state index contributed by atoms with van der Waals surface area (Å²) < 4.78 is 11.2. The van der Waals surface area contributed by atoms with E-state index in [0.29, 0.717) is 36.4 Å². The Morgan fingerprint density at radius 2 is 1.77 bits per heavy atom. The summed E-state index contributed by atoms with van der Waals surface area (Å²) in [7, 11) is 0. The Bertz CT molecular complexity index is 1330. The third kappa shape index (κ3) is 7.23. The molecular weight excluding hydrogens is 562 g/mol. The minimum absolute atomic E-state index is 0.0119. The topological polar surface area (TPSA) is 125 Å². The minimum atomic E-state index is -0.810. The Labute approximate surface area is 259 Å². The lowest BCUT2D eigenvalue weighted by Crippen LogP contribution is -2.69. The molecule has 4 atom stereocenters. The van der Waals surface area contributed by atoms with Gasteiger partial charge < -0.3 is 29.7 Å². The van der Waals surface area contributed by atoms with Crippen LogP contribution in [0, 0.1) is 11.8 Å². The van der Waals surface area contributed by atoms with Crippen LogP contribution >= 0.6 is 0 Å². The molecule has 0 aliphatic carbocycles. The highest BCUT2D eigenvalue weighted by Gasteiger charge is 2.57. The number of fused-ring (bicyclic) bond motifs is 3. The van der Waals surface area contributed by atoms with Crippen LogP contribution in [0.3, 0.4) is 0 Å². The summed E-state index contributed by atoms with van der Waals surface area (Å²) >= 11 is 0. The van der Waals surface area contributed by atoms with Gasteiger partial charge in [0, 0.05) is 30.2 Å². The minimum Gasteiger partial charge on any atom is -0.493 e. The Kier molecular flexibility index (Phi) is 11.0. The highest BCUT2D eigenvalue weighted by Crippen LogP contribution is 2.48. The highest BCUT2D eigenvalue weighted by atomic mass is 16.5. The second-order valence-electron chi connectivity index (χ2n) is 12.2. The highest BCUT2D eigenvalue weighted by molar-refractivity contribution is 6.04. The van der Waals surface area contributed by atoms with Gasteiger partial charge in [0.25, 0.3) is 0 Å². The number of ether oxygens (including phenoxy) is 2. The Morgan fingerprint density at radius 3 is 2.41 bits per heavy atom. The van der Waals surface area contributed by atoms with Crippen molar-refractivity contribution < 1.29 is 33.8 Å². The second-order valence-corrected chi connectivity index (χ2v) is 12.2. The average Bonchev–Trinajstić information content (AvgIpc) is 3.29. The molecule has 2 aliphatic heterocycles. The van der Waals surface area contributed by atoms with Gasteiger partial charge in [0.15, 0.2) is 0 Å². The number of anilines is 1. The molecule has 44 heavy (non-hydrogen) atoms. The summed E-state index contributed by atoms with van der Waals surface area (Å²) in [5, 5.41) is 12.3. The summed E-state index contributed by atoms with van der Waals surface area (Å²) in [5.41, 5.74) is 2.09. The number of nitrogens with one attached hydrogen (secondary N) is 1. The van der Waals surface area contributed by atoms with Gasteiger partial charge in [-0.25, -0.2) is 0 Å². The Balaban J connectivity index is 1.86. The molecule has 0 saturated carbocycles. The largest absolute Gasteiger partial charge is 0.493 e. The molecule has 238 valence electrons. The summed E-state index contributed by atoms with van der Waals surface area (Å²) in [6, 6.07) is 11.6. The number of nitrogens with zero attached hydrogens (tertiary/aromatic N) is 2. The van der Waals surface area contributed by atoms with E-state index < -0.39 is 30.1 Å². The van der Waals surface area contributed by atoms with E-state index in [9.17, 15) is 24.3 Å². The molecule has 1 saturated heterocycles. The number of hydrogen-bond acceptors (Lipinski definition) is 7. The normalized spacial score (nSPS) is 20.9. The first-order valence-corrected chi connectivity index (χ1v) is 15.6. The fraction of sp³-hybridized carbons (Fsp3) is 0.529. The summed E-state index contributed by atoms with van der Waals surface area (Å²) in [4.78, 5) is 58.4. The van der Waals surface area contributed by atoms with Gasteiger partial charge in [0.1, 0.15) is 11.8 Å². The lowest BCUT2D eigenvalue weighted by molar-refractivity contribution is -0.153. The number of amides is 3. The first-order chi connectivity index (χ1) is 21.1. The molecule has 10 nitrogen and oxygen atoms in total. The molecule has 1 fully saturated rings. The fourth-order valence-electron chi connectivity index (χ4n) is 6.15. The van der Waals surface area contributed by atoms with Gasteiger partial charge in [-0.2, -0.15) is 0 Å². The molecule has 4 rings (SSSR count). The van der Waals surface area contributed by atoms with E-state index in [-0.39, 0.29) is 55.6 Å². The first-order valence-electron chi connectivity index (χ1n) is 15.6. The number of carbonyl (C=O) groups is 4. The van der Waals surface area contributed by atoms with Crippen LogP contribution in [0.1, 0.15) is 71.0 Å². The van der Waals surface area contributed by atoms with Crippen LogP contribution < -0.4 is 15.0 Å². The second kappa shape index (κ2) is 14.7. The van der Waals surface area contributed by atoms with E-state index in [1.165, 1.54) is 0 Å². The van der Waals surface area contributed by atoms with Crippen LogP contribution in [0.15, 0.2) is 48.5 Å². The van der Waals surface area contributed by atoms with Crippen LogP contribution in [0.4, 0.5) is 5.69 Å². The summed E-state index contributed by atoms with van der Waals surface area (Å²) in [6.45, 7) is 9.76. The molecule has 0 aromatic heterocycles. The van der Waals surface area contributed by atoms with Crippen LogP contribution in [0.2, 0.25) is 0 Å². The van der Waals surface area contributed by atoms with Crippen LogP contribution in [0.5, 0.6) is 5.75 Å². The molecule has 0 spiro atoms. The number of piperazine rings is 1. The number of esters is 1. The van der Waals surface area contributed by atoms with Gasteiger partial charge in [0.05, 0.1) is 44.2 Å². The van der Waals surface area contributed by atoms with Crippen molar-refractivity contribution in [3.05, 3.63) is 59.7 Å². The molecular formula is C34H45N3O7. The number of benzene rings is 2. The predicted molar refractivity (Wildman–Crippen MR) is 166 cm³/mol. The monoisotopic (exact) mass is 607 g/mol. The molecule has 2 heterocycles. The molecule has 0 radical (unpaired) electrons. The SMILES string of the molecule is CCOC(=O)CC1[C@@H]2[C@@H](NC(=O)C(C)C)c3cc(OCCCO)ccc3N2C(=O)[C@H](CC(C)C)N1C(=O)Cc1ccccc1. The molecule has 2 aromatic carbocycles. The van der Waals surface area contributed by atoms with Crippen LogP contribution in [-0.2, 0) is 30.3 Å². The number of aliphatic hydroxyl groups excluding tert-OH is 1. The van der Waals surface area contributed by atoms with E-state index in [2.05, 4.69) is 5.32 Å². The molecule has 1 unspecified atom stereocenters. The molecule has 10 heteroatoms. The van der Waals surface area contributed by atoms with Crippen molar-refractivity contribution in [2.24, 2.45) is 11.8 Å². The number of hydrogen-bond donors (Lipinski definition) is 2. The van der Waals surface area contributed by atoms with Crippen molar-refractivity contribution in [2.45, 2.75) is 84.5 Å². The molecule has 0 bridgehead atoms. The Morgan fingerprint density at radius 1 is 1.05 bits per heavy atom. The van der Waals surface area contributed by atoms with E-state index in [0.717, 1.165) is 5.56 Å². The van der Waals surface area contributed by atoms with Gasteiger partial charge in [-0.05, 0) is 43.0 Å². The number of rotatable bonds is 13. The molecule has 2 N–H and O–H groups in total. The quantitative estimate of drug-likeness (QED) is 0.262. The number of carbonyl (C=O) groups excluding carboxylic acids is 4. The standard InChI is InChI=1S/C34H45N3O7/c1-6-43-30(40)20-27-32-31(35-33(41)22(4)5)25-19-24(44-16-10-15-38)13-14-26(25)37(32)34(42)28(17-21(2)3)36(27)29(39)18-23-11-8-7-9-12-23/h7-9,11-14,19,21-22,27-28,31-32,38H,6,10,15-18,20H2,1-5H3,(H,35,41)/t27?,28-,31-,32+/m0/s1. The van der Waals surface area contributed by atoms with E-state index >= 15 is 0 Å². The molecule has 2 aliphatic rings. The van der Waals surface area contributed by atoms with E-state index in [1.807, 2.05) is 44.2 Å². The van der Waals surface area contributed by atoms with Crippen molar-refractivity contribution in [3.63, 3.8) is 0 Å². The number of aliphatic hydroxyl groups is 1. The molecule has 2 aromatic rings. The lowest BCUT2D eigenvalue weighted by Gasteiger charge is -2.50. The van der Waals surface area contributed by atoms with Crippen molar-refractivity contribution in [1.29, 1.82) is 0 Å². The zero-order valence-corrected chi connectivity index (χ0v) is 26.3. The Hall–Kier alpha value is -3.92. The van der Waals surface area contributed by atoms with Crippen molar-refractivity contribution in [3.8, 4) is 5.75 Å². The van der Waals surface area contributed by atoms with Crippen molar-refractivity contribution >= 4 is 29.4 Å². The zero-order valence-electron chi connectivity index (χ0n) is 26.3. The van der Waals surface area contributed by atoms with Gasteiger partial charge in [-0.1, -0.05) is 58.0 Å². The predicted octanol–water partition coefficient (Wildman–Crippen LogP) is 3.80. The van der Waals surface area contributed by atoms with Crippen molar-refractivity contribution in [2.75, 3.05) is 24.7 Å². The maximum atomic E-state index is 14.5. The smallest absolute Gasteiger partial charge is 0.307 e. The van der Waals surface area contributed by atoms with Crippen LogP contribution in [0.25, 0.3) is 0 Å². The van der Waals surface area contributed by atoms with Crippen LogP contribution in [-0.4, -0.2) is 71.6 Å². The summed E-state index contributed by atoms with van der Waals surface area (Å²) in [6.07, 6.45) is 0.782. The van der Waals surface area contributed by atoms with Gasteiger partial charge in [-0.15, -0.1) is 0 Å². The van der Waals surface area contributed by atoms with E-state index in [1.54, 1.807) is 48.8 Å². The van der Waals surface area contributed by atoms with Crippen molar-refractivity contribution in [1.82, 2.24) is 10.2 Å².